The van der Waals surface area contributed by atoms with E-state index in [1.165, 1.54) is 122 Å². The Morgan fingerprint density at radius 3 is 1.63 bits per heavy atom. The maximum Gasteiger partial charge on any atom is 0.0622 e. The van der Waals surface area contributed by atoms with E-state index in [0.717, 1.165) is 13.0 Å². The molecule has 0 N–H and O–H groups in total. The molecule has 0 radical (unpaired) electrons. The molecule has 1 aliphatic heterocycles. The van der Waals surface area contributed by atoms with Gasteiger partial charge in [-0.2, -0.15) is 5.26 Å². The van der Waals surface area contributed by atoms with Gasteiger partial charge in [-0.1, -0.05) is 102 Å². The van der Waals surface area contributed by atoms with Crippen molar-refractivity contribution in [2.75, 3.05) is 11.4 Å². The third-order valence-electron chi connectivity index (χ3n) is 7.16. The molecule has 0 amide bonds. The van der Waals surface area contributed by atoms with Gasteiger partial charge in [0.2, 0.25) is 0 Å². The van der Waals surface area contributed by atoms with E-state index in [1.807, 2.05) is 11.8 Å². The molecule has 1 heterocycles. The van der Waals surface area contributed by atoms with Crippen molar-refractivity contribution in [2.24, 2.45) is 0 Å². The Bertz CT molecular complexity index is 864. The number of benzene rings is 2. The lowest BCUT2D eigenvalue weighted by Gasteiger charge is -2.33. The first-order chi connectivity index (χ1) is 17.3. The lowest BCUT2D eigenvalue weighted by atomic mass is 10.0. The minimum Gasteiger partial charge on any atom is -0.340 e. The fraction of sp³-hybridized carbons (Fsp3) is 0.594. The number of hydrogen-bond donors (Lipinski definition) is 0. The maximum atomic E-state index is 9.09. The zero-order chi connectivity index (χ0) is 24.7. The largest absolute Gasteiger partial charge is 0.340 e. The summed E-state index contributed by atoms with van der Waals surface area (Å²) in [7, 11) is 0. The Hall–Kier alpha value is -1.92. The van der Waals surface area contributed by atoms with E-state index in [0.29, 0.717) is 6.42 Å². The molecule has 3 heteroatoms. The molecule has 0 bridgehead atoms. The lowest BCUT2D eigenvalue weighted by molar-refractivity contribution is 0.607. The normalized spacial score (nSPS) is 12.3. The molecule has 2 aromatic carbocycles. The number of fused-ring (bicyclic) bond motifs is 2. The zero-order valence-electron chi connectivity index (χ0n) is 22.3. The Labute approximate surface area is 219 Å². The van der Waals surface area contributed by atoms with Gasteiger partial charge in [-0.05, 0) is 67.5 Å². The summed E-state index contributed by atoms with van der Waals surface area (Å²) in [6.45, 7) is 5.47. The molecule has 35 heavy (non-hydrogen) atoms. The van der Waals surface area contributed by atoms with Gasteiger partial charge in [0.25, 0.3) is 0 Å². The van der Waals surface area contributed by atoms with Crippen LogP contribution < -0.4 is 4.90 Å². The second-order valence-corrected chi connectivity index (χ2v) is 11.2. The van der Waals surface area contributed by atoms with E-state index in [-0.39, 0.29) is 0 Å². The van der Waals surface area contributed by atoms with Crippen LogP contribution in [0.2, 0.25) is 0 Å². The van der Waals surface area contributed by atoms with Crippen LogP contribution in [-0.4, -0.2) is 6.54 Å². The molecule has 0 saturated carbocycles. The molecule has 2 nitrogen and oxygen atoms in total. The molecule has 1 aliphatic rings. The summed E-state index contributed by atoms with van der Waals surface area (Å²) >= 11 is 1.95. The number of anilines is 2. The lowest BCUT2D eigenvalue weighted by Crippen LogP contribution is -2.22. The predicted molar refractivity (Wildman–Crippen MR) is 153 cm³/mol. The van der Waals surface area contributed by atoms with Crippen molar-refractivity contribution in [1.29, 1.82) is 5.26 Å². The molecule has 190 valence electrons. The monoisotopic (exact) mass is 490 g/mol. The number of unbranched alkanes of at least 4 members (excludes halogenated alkanes) is 11. The first kappa shape index (κ1) is 27.7. The van der Waals surface area contributed by atoms with Gasteiger partial charge in [0.05, 0.1) is 17.4 Å². The van der Waals surface area contributed by atoms with Crippen molar-refractivity contribution in [1.82, 2.24) is 0 Å². The first-order valence-corrected chi connectivity index (χ1v) is 15.2. The second kappa shape index (κ2) is 15.9. The quantitative estimate of drug-likeness (QED) is 0.206. The fourth-order valence-corrected chi connectivity index (χ4v) is 6.28. The van der Waals surface area contributed by atoms with Crippen molar-refractivity contribution in [3.8, 4) is 6.07 Å². The molecule has 0 unspecified atom stereocenters. The van der Waals surface area contributed by atoms with Gasteiger partial charge >= 0.3 is 0 Å². The van der Waals surface area contributed by atoms with Crippen LogP contribution in [0, 0.1) is 11.3 Å². The van der Waals surface area contributed by atoms with Crippen molar-refractivity contribution in [3.63, 3.8) is 0 Å². The number of nitriles is 1. The molecule has 0 saturated heterocycles. The average molecular weight is 491 g/mol. The van der Waals surface area contributed by atoms with Crippen molar-refractivity contribution < 1.29 is 0 Å². The van der Waals surface area contributed by atoms with Crippen LogP contribution in [0.25, 0.3) is 0 Å². The van der Waals surface area contributed by atoms with Gasteiger partial charge in [0, 0.05) is 22.8 Å². The number of aryl methyl sites for hydroxylation is 2. The molecule has 0 aliphatic carbocycles. The van der Waals surface area contributed by atoms with Gasteiger partial charge in [-0.15, -0.1) is 0 Å². The minimum absolute atomic E-state index is 0.612. The Balaban J connectivity index is 1.67. The van der Waals surface area contributed by atoms with E-state index in [4.69, 9.17) is 5.26 Å². The van der Waals surface area contributed by atoms with Gasteiger partial charge < -0.3 is 4.90 Å². The molecule has 0 aromatic heterocycles. The van der Waals surface area contributed by atoms with E-state index >= 15 is 0 Å². The molecule has 2 aromatic rings. The second-order valence-electron chi connectivity index (χ2n) is 10.2. The number of hydrogen-bond acceptors (Lipinski definition) is 3. The molecular weight excluding hydrogens is 444 g/mol. The van der Waals surface area contributed by atoms with Gasteiger partial charge in [-0.3, -0.25) is 0 Å². The fourth-order valence-electron chi connectivity index (χ4n) is 5.06. The van der Waals surface area contributed by atoms with Crippen LogP contribution >= 0.6 is 11.8 Å². The maximum absolute atomic E-state index is 9.09. The number of rotatable bonds is 17. The third kappa shape index (κ3) is 8.91. The van der Waals surface area contributed by atoms with Crippen LogP contribution in [0.3, 0.4) is 0 Å². The first-order valence-electron chi connectivity index (χ1n) is 14.3. The van der Waals surface area contributed by atoms with Crippen LogP contribution in [0.1, 0.15) is 115 Å². The van der Waals surface area contributed by atoms with Gasteiger partial charge in [0.1, 0.15) is 0 Å². The van der Waals surface area contributed by atoms with Crippen molar-refractivity contribution in [3.05, 3.63) is 47.5 Å². The van der Waals surface area contributed by atoms with Crippen molar-refractivity contribution in [2.45, 2.75) is 126 Å². The highest BCUT2D eigenvalue weighted by Gasteiger charge is 2.23. The van der Waals surface area contributed by atoms with Crippen LogP contribution in [-0.2, 0) is 12.8 Å². The van der Waals surface area contributed by atoms with Gasteiger partial charge in [-0.25, -0.2) is 0 Å². The third-order valence-corrected chi connectivity index (χ3v) is 8.25. The minimum atomic E-state index is 0.612. The summed E-state index contributed by atoms with van der Waals surface area (Å²) in [5.74, 6) is 0. The molecular formula is C32H46N2S. The highest BCUT2D eigenvalue weighted by Crippen LogP contribution is 2.49. The summed E-state index contributed by atoms with van der Waals surface area (Å²) in [6.07, 6.45) is 20.0. The van der Waals surface area contributed by atoms with Crippen LogP contribution in [0.5, 0.6) is 0 Å². The summed E-state index contributed by atoms with van der Waals surface area (Å²) in [4.78, 5) is 5.23. The average Bonchev–Trinajstić information content (AvgIpc) is 2.87. The summed E-state index contributed by atoms with van der Waals surface area (Å²) < 4.78 is 0. The smallest absolute Gasteiger partial charge is 0.0622 e. The van der Waals surface area contributed by atoms with Crippen molar-refractivity contribution >= 4 is 23.1 Å². The summed E-state index contributed by atoms with van der Waals surface area (Å²) in [6, 6.07) is 16.5. The van der Waals surface area contributed by atoms with E-state index in [2.05, 4.69) is 61.2 Å². The van der Waals surface area contributed by atoms with Crippen LogP contribution in [0.4, 0.5) is 11.4 Å². The predicted octanol–water partition coefficient (Wildman–Crippen LogP) is 10.4. The topological polar surface area (TPSA) is 27.0 Å². The Morgan fingerprint density at radius 1 is 0.657 bits per heavy atom. The summed E-state index contributed by atoms with van der Waals surface area (Å²) in [5.41, 5.74) is 5.57. The highest BCUT2D eigenvalue weighted by molar-refractivity contribution is 7.99. The van der Waals surface area contributed by atoms with Crippen LogP contribution in [0.15, 0.2) is 46.2 Å². The molecule has 0 spiro atoms. The van der Waals surface area contributed by atoms with E-state index in [1.54, 1.807) is 0 Å². The molecule has 3 rings (SSSR count). The molecule has 0 atom stereocenters. The SMILES string of the molecule is CCCCCCCCc1ccc2c(c1)Sc1cc(CCCCCCCC)ccc1N2CCCC#N. The van der Waals surface area contributed by atoms with Gasteiger partial charge in [0.15, 0.2) is 0 Å². The van der Waals surface area contributed by atoms with E-state index in [9.17, 15) is 0 Å². The highest BCUT2D eigenvalue weighted by atomic mass is 32.2. The van der Waals surface area contributed by atoms with E-state index < -0.39 is 0 Å². The standard InChI is InChI=1S/C32H46N2S/c1-3-5-7-9-11-13-17-27-19-21-29-31(25-27)35-32-26-28(18-14-12-10-8-6-4-2)20-22-30(32)34(29)24-16-15-23-33/h19-22,25-26H,3-18,24H2,1-2H3. The molecule has 0 fully saturated rings. The zero-order valence-corrected chi connectivity index (χ0v) is 23.1. The Morgan fingerprint density at radius 2 is 1.14 bits per heavy atom. The summed E-state index contributed by atoms with van der Waals surface area (Å²) in [5, 5.41) is 9.09. The number of nitrogens with zero attached hydrogens (tertiary/aromatic N) is 2. The Kier molecular flexibility index (Phi) is 12.6.